The molecule has 0 saturated carbocycles. The molecule has 1 aromatic heterocycles. The second kappa shape index (κ2) is 5.78. The van der Waals surface area contributed by atoms with Crippen LogP contribution in [0.25, 0.3) is 0 Å². The van der Waals surface area contributed by atoms with Crippen LogP contribution in [0.5, 0.6) is 5.75 Å². The molecule has 0 saturated heterocycles. The fraction of sp³-hybridized carbons (Fsp3) is 0.267. The largest absolute Gasteiger partial charge is 0.497 e. The number of amides is 1. The summed E-state index contributed by atoms with van der Waals surface area (Å²) in [5.74, 6) is 0.462. The van der Waals surface area contributed by atoms with Gasteiger partial charge in [0.25, 0.3) is 5.91 Å². The van der Waals surface area contributed by atoms with E-state index in [0.29, 0.717) is 5.69 Å². The van der Waals surface area contributed by atoms with Crippen molar-refractivity contribution in [1.29, 1.82) is 0 Å². The zero-order chi connectivity index (χ0) is 14.7. The number of aromatic amines is 1. The van der Waals surface area contributed by atoms with Crippen molar-refractivity contribution < 1.29 is 9.53 Å². The van der Waals surface area contributed by atoms with Crippen LogP contribution in [-0.2, 0) is 12.8 Å². The predicted molar refractivity (Wildman–Crippen MR) is 78.7 cm³/mol. The monoisotopic (exact) mass is 284 g/mol. The molecule has 0 atom stereocenters. The van der Waals surface area contributed by atoms with Crippen LogP contribution >= 0.6 is 0 Å². The molecule has 0 radical (unpaired) electrons. The molecule has 0 aliphatic heterocycles. The number of H-pyrrole nitrogens is 1. The standard InChI is InChI=1S/C15H16N4O2/c1-21-11-5-2-4-10(8-11)9-16-19-15(20)14-12-6-3-7-13(12)17-18-14/h2,4-5,8-9H,3,6-7H2,1H3,(H,17,18)(H,19,20). The Morgan fingerprint density at radius 1 is 1.48 bits per heavy atom. The summed E-state index contributed by atoms with van der Waals surface area (Å²) in [6.07, 6.45) is 4.50. The highest BCUT2D eigenvalue weighted by atomic mass is 16.5. The van der Waals surface area contributed by atoms with Gasteiger partial charge in [-0.2, -0.15) is 10.2 Å². The number of aromatic nitrogens is 2. The molecule has 0 unspecified atom stereocenters. The van der Waals surface area contributed by atoms with E-state index in [2.05, 4.69) is 20.7 Å². The molecule has 21 heavy (non-hydrogen) atoms. The molecule has 1 heterocycles. The fourth-order valence-electron chi connectivity index (χ4n) is 2.45. The van der Waals surface area contributed by atoms with Crippen LogP contribution in [-0.4, -0.2) is 29.4 Å². The molecule has 2 N–H and O–H groups in total. The van der Waals surface area contributed by atoms with Crippen LogP contribution in [0.3, 0.4) is 0 Å². The lowest BCUT2D eigenvalue weighted by atomic mass is 10.2. The van der Waals surface area contributed by atoms with Gasteiger partial charge in [0.1, 0.15) is 5.75 Å². The van der Waals surface area contributed by atoms with Crippen molar-refractivity contribution in [2.24, 2.45) is 5.10 Å². The van der Waals surface area contributed by atoms with Crippen molar-refractivity contribution in [2.45, 2.75) is 19.3 Å². The molecule has 3 rings (SSSR count). The summed E-state index contributed by atoms with van der Waals surface area (Å²) in [6.45, 7) is 0. The van der Waals surface area contributed by atoms with Gasteiger partial charge in [-0.3, -0.25) is 9.89 Å². The van der Waals surface area contributed by atoms with Crippen molar-refractivity contribution in [3.8, 4) is 5.75 Å². The SMILES string of the molecule is COc1cccc(C=NNC(=O)c2n[nH]c3c2CCC3)c1. The Morgan fingerprint density at radius 3 is 3.24 bits per heavy atom. The van der Waals surface area contributed by atoms with Crippen LogP contribution in [0.4, 0.5) is 0 Å². The fourth-order valence-corrected chi connectivity index (χ4v) is 2.45. The maximum atomic E-state index is 12.0. The number of nitrogens with one attached hydrogen (secondary N) is 2. The van der Waals surface area contributed by atoms with Crippen molar-refractivity contribution in [1.82, 2.24) is 15.6 Å². The lowest BCUT2D eigenvalue weighted by Gasteiger charge is -2.00. The number of carbonyl (C=O) groups is 1. The molecule has 0 spiro atoms. The molecular formula is C15H16N4O2. The first kappa shape index (κ1) is 13.4. The van der Waals surface area contributed by atoms with Gasteiger partial charge in [0, 0.05) is 11.3 Å². The minimum Gasteiger partial charge on any atom is -0.497 e. The average molecular weight is 284 g/mol. The quantitative estimate of drug-likeness (QED) is 0.662. The number of nitrogens with zero attached hydrogens (tertiary/aromatic N) is 2. The number of benzene rings is 1. The van der Waals surface area contributed by atoms with Gasteiger partial charge in [0.15, 0.2) is 5.69 Å². The van der Waals surface area contributed by atoms with E-state index in [1.54, 1.807) is 13.3 Å². The third-order valence-electron chi connectivity index (χ3n) is 3.49. The number of hydrogen-bond donors (Lipinski definition) is 2. The maximum Gasteiger partial charge on any atom is 0.292 e. The van der Waals surface area contributed by atoms with E-state index in [0.717, 1.165) is 41.8 Å². The Balaban J connectivity index is 1.66. The molecule has 2 aromatic rings. The second-order valence-corrected chi connectivity index (χ2v) is 4.86. The first-order valence-electron chi connectivity index (χ1n) is 6.81. The van der Waals surface area contributed by atoms with Crippen molar-refractivity contribution >= 4 is 12.1 Å². The molecule has 108 valence electrons. The van der Waals surface area contributed by atoms with Crippen molar-refractivity contribution in [3.05, 3.63) is 46.8 Å². The number of carbonyl (C=O) groups excluding carboxylic acids is 1. The Kier molecular flexibility index (Phi) is 3.68. The number of rotatable bonds is 4. The number of hydrogen-bond acceptors (Lipinski definition) is 4. The van der Waals surface area contributed by atoms with Crippen molar-refractivity contribution in [2.75, 3.05) is 7.11 Å². The highest BCUT2D eigenvalue weighted by molar-refractivity contribution is 5.94. The van der Waals surface area contributed by atoms with Crippen molar-refractivity contribution in [3.63, 3.8) is 0 Å². The lowest BCUT2D eigenvalue weighted by Crippen LogP contribution is -2.19. The van der Waals surface area contributed by atoms with E-state index in [1.807, 2.05) is 24.3 Å². The average Bonchev–Trinajstić information content (AvgIpc) is 3.10. The number of fused-ring (bicyclic) bond motifs is 1. The van der Waals surface area contributed by atoms with Gasteiger partial charge < -0.3 is 4.74 Å². The topological polar surface area (TPSA) is 79.4 Å². The molecule has 6 heteroatoms. The molecule has 1 aliphatic carbocycles. The van der Waals surface area contributed by atoms with Gasteiger partial charge in [0.2, 0.25) is 0 Å². The second-order valence-electron chi connectivity index (χ2n) is 4.86. The van der Waals surface area contributed by atoms with E-state index < -0.39 is 0 Å². The van der Waals surface area contributed by atoms with E-state index >= 15 is 0 Å². The number of hydrazone groups is 1. The predicted octanol–water partition coefficient (Wildman–Crippen LogP) is 1.67. The molecule has 0 fully saturated rings. The molecule has 1 aliphatic rings. The van der Waals surface area contributed by atoms with Gasteiger partial charge in [0.05, 0.1) is 13.3 Å². The van der Waals surface area contributed by atoms with E-state index in [9.17, 15) is 4.79 Å². The summed E-state index contributed by atoms with van der Waals surface area (Å²) >= 11 is 0. The Hall–Kier alpha value is -2.63. The summed E-state index contributed by atoms with van der Waals surface area (Å²) in [7, 11) is 1.61. The first-order chi connectivity index (χ1) is 10.3. The summed E-state index contributed by atoms with van der Waals surface area (Å²) in [5.41, 5.74) is 5.89. The Bertz CT molecular complexity index is 691. The van der Waals surface area contributed by atoms with E-state index in [-0.39, 0.29) is 5.91 Å². The third-order valence-corrected chi connectivity index (χ3v) is 3.49. The molecular weight excluding hydrogens is 268 g/mol. The number of methoxy groups -OCH3 is 1. The van der Waals surface area contributed by atoms with Gasteiger partial charge in [-0.1, -0.05) is 12.1 Å². The minimum atomic E-state index is -0.284. The molecule has 1 amide bonds. The Labute approximate surface area is 122 Å². The number of aryl methyl sites for hydroxylation is 1. The molecule has 1 aromatic carbocycles. The molecule has 0 bridgehead atoms. The van der Waals surface area contributed by atoms with Crippen LogP contribution in [0.1, 0.15) is 33.7 Å². The van der Waals surface area contributed by atoms with Crippen LogP contribution in [0.15, 0.2) is 29.4 Å². The van der Waals surface area contributed by atoms with E-state index in [4.69, 9.17) is 4.74 Å². The third kappa shape index (κ3) is 2.79. The van der Waals surface area contributed by atoms with Gasteiger partial charge >= 0.3 is 0 Å². The van der Waals surface area contributed by atoms with Crippen LogP contribution in [0, 0.1) is 0 Å². The van der Waals surface area contributed by atoms with Crippen LogP contribution < -0.4 is 10.2 Å². The normalized spacial score (nSPS) is 13.4. The zero-order valence-corrected chi connectivity index (χ0v) is 11.7. The summed E-state index contributed by atoms with van der Waals surface area (Å²) in [5, 5.41) is 10.9. The van der Waals surface area contributed by atoms with Gasteiger partial charge in [-0.05, 0) is 37.0 Å². The van der Waals surface area contributed by atoms with Gasteiger partial charge in [-0.25, -0.2) is 5.43 Å². The lowest BCUT2D eigenvalue weighted by molar-refractivity contribution is 0.0949. The highest BCUT2D eigenvalue weighted by Crippen LogP contribution is 2.22. The summed E-state index contributed by atoms with van der Waals surface area (Å²) in [6, 6.07) is 7.43. The smallest absolute Gasteiger partial charge is 0.292 e. The summed E-state index contributed by atoms with van der Waals surface area (Å²) in [4.78, 5) is 12.0. The Morgan fingerprint density at radius 2 is 2.38 bits per heavy atom. The highest BCUT2D eigenvalue weighted by Gasteiger charge is 2.22. The minimum absolute atomic E-state index is 0.284. The zero-order valence-electron chi connectivity index (χ0n) is 11.7. The molecule has 6 nitrogen and oxygen atoms in total. The maximum absolute atomic E-state index is 12.0. The van der Waals surface area contributed by atoms with Gasteiger partial charge in [-0.15, -0.1) is 0 Å². The van der Waals surface area contributed by atoms with E-state index in [1.165, 1.54) is 0 Å². The number of ether oxygens (including phenoxy) is 1. The summed E-state index contributed by atoms with van der Waals surface area (Å²) < 4.78 is 5.13. The first-order valence-corrected chi connectivity index (χ1v) is 6.81. The van der Waals surface area contributed by atoms with Crippen LogP contribution in [0.2, 0.25) is 0 Å².